The Kier molecular flexibility index (Phi) is 6.73. The van der Waals surface area contributed by atoms with Crippen molar-refractivity contribution < 1.29 is 13.6 Å². The van der Waals surface area contributed by atoms with Gasteiger partial charge in [-0.3, -0.25) is 14.7 Å². The smallest absolute Gasteiger partial charge is 0.253 e. The van der Waals surface area contributed by atoms with E-state index in [4.69, 9.17) is 0 Å². The minimum atomic E-state index is -0.518. The average Bonchev–Trinajstić information content (AvgIpc) is 3.23. The van der Waals surface area contributed by atoms with E-state index in [1.54, 1.807) is 38.6 Å². The molecule has 9 heteroatoms. The summed E-state index contributed by atoms with van der Waals surface area (Å²) < 4.78 is 31.9. The molecule has 1 saturated heterocycles. The molecular weight excluding hydrogens is 462 g/mol. The third-order valence-electron chi connectivity index (χ3n) is 6.81. The number of halogens is 2. The Balaban J connectivity index is 1.35. The Morgan fingerprint density at radius 2 is 1.81 bits per heavy atom. The van der Waals surface area contributed by atoms with Gasteiger partial charge < -0.3 is 9.47 Å². The van der Waals surface area contributed by atoms with Crippen LogP contribution >= 0.6 is 0 Å². The summed E-state index contributed by atoms with van der Waals surface area (Å²) in [5, 5.41) is 0.324. The fourth-order valence-electron chi connectivity index (χ4n) is 4.88. The van der Waals surface area contributed by atoms with Crippen molar-refractivity contribution in [2.75, 3.05) is 27.2 Å². The molecule has 1 aliphatic rings. The fraction of sp³-hybridized carbons (Fsp3) is 0.333. The molecule has 1 amide bonds. The lowest BCUT2D eigenvalue weighted by Gasteiger charge is -2.32. The first-order valence-corrected chi connectivity index (χ1v) is 12.0. The van der Waals surface area contributed by atoms with Gasteiger partial charge in [-0.15, -0.1) is 0 Å². The molecule has 0 saturated carbocycles. The van der Waals surface area contributed by atoms with E-state index in [-0.39, 0.29) is 23.9 Å². The van der Waals surface area contributed by atoms with Crippen LogP contribution in [0.1, 0.15) is 46.1 Å². The van der Waals surface area contributed by atoms with E-state index in [0.717, 1.165) is 32.5 Å². The van der Waals surface area contributed by atoms with Crippen molar-refractivity contribution in [3.8, 4) is 0 Å². The highest BCUT2D eigenvalue weighted by Gasteiger charge is 2.25. The van der Waals surface area contributed by atoms with Gasteiger partial charge in [0.05, 0.1) is 11.1 Å². The molecule has 0 aliphatic carbocycles. The van der Waals surface area contributed by atoms with E-state index < -0.39 is 11.6 Å². The second kappa shape index (κ2) is 10.1. The number of hydrogen-bond donors (Lipinski definition) is 0. The lowest BCUT2D eigenvalue weighted by molar-refractivity contribution is 0.0827. The molecule has 3 aromatic heterocycles. The standard InChI is InChI=1S/C27H28F2N6O/c1-33(2)27(36)20-4-3-19(22(28)13-20)14-24-25-23(29)16-35(26(25)32-17-31-24)21-7-11-34(12-8-21)15-18-5-9-30-10-6-18/h3-6,9-10,13,16-17,21H,7-8,11-12,14-15H2,1-2H3. The number of hydrogen-bond acceptors (Lipinski definition) is 5. The molecule has 4 heterocycles. The first-order valence-electron chi connectivity index (χ1n) is 12.0. The summed E-state index contributed by atoms with van der Waals surface area (Å²) in [6.45, 7) is 2.66. The summed E-state index contributed by atoms with van der Waals surface area (Å²) in [7, 11) is 3.23. The molecule has 1 fully saturated rings. The normalized spacial score (nSPS) is 14.9. The van der Waals surface area contributed by atoms with Crippen molar-refractivity contribution >= 4 is 16.9 Å². The van der Waals surface area contributed by atoms with Crippen LogP contribution in [0.3, 0.4) is 0 Å². The van der Waals surface area contributed by atoms with Gasteiger partial charge in [-0.1, -0.05) is 6.07 Å². The number of nitrogens with zero attached hydrogens (tertiary/aromatic N) is 6. The lowest BCUT2D eigenvalue weighted by atomic mass is 10.0. The number of carbonyl (C=O) groups is 1. The van der Waals surface area contributed by atoms with Crippen LogP contribution in [0, 0.1) is 11.6 Å². The van der Waals surface area contributed by atoms with E-state index in [1.807, 2.05) is 16.7 Å². The number of fused-ring (bicyclic) bond motifs is 1. The molecule has 0 bridgehead atoms. The van der Waals surface area contributed by atoms with Crippen molar-refractivity contribution in [3.63, 3.8) is 0 Å². The van der Waals surface area contributed by atoms with Crippen LogP contribution in [0.5, 0.6) is 0 Å². The molecule has 36 heavy (non-hydrogen) atoms. The molecule has 0 N–H and O–H groups in total. The predicted octanol–water partition coefficient (Wildman–Crippen LogP) is 4.23. The highest BCUT2D eigenvalue weighted by molar-refractivity contribution is 5.94. The summed E-state index contributed by atoms with van der Waals surface area (Å²) in [5.74, 6) is -1.20. The molecular formula is C27H28F2N6O. The van der Waals surface area contributed by atoms with Gasteiger partial charge in [0.2, 0.25) is 0 Å². The van der Waals surface area contributed by atoms with E-state index in [9.17, 15) is 9.18 Å². The SMILES string of the molecule is CN(C)C(=O)c1ccc(Cc2ncnc3c2c(F)cn3C2CCN(Cc3ccncc3)CC2)c(F)c1. The number of aromatic nitrogens is 4. The van der Waals surface area contributed by atoms with E-state index in [1.165, 1.54) is 29.1 Å². The molecule has 0 radical (unpaired) electrons. The van der Waals surface area contributed by atoms with Crippen LogP contribution < -0.4 is 0 Å². The topological polar surface area (TPSA) is 67.2 Å². The van der Waals surface area contributed by atoms with Gasteiger partial charge in [-0.25, -0.2) is 18.7 Å². The summed E-state index contributed by atoms with van der Waals surface area (Å²) in [5.41, 5.74) is 2.80. The molecule has 7 nitrogen and oxygen atoms in total. The van der Waals surface area contributed by atoms with Crippen LogP contribution in [0.2, 0.25) is 0 Å². The van der Waals surface area contributed by atoms with E-state index in [2.05, 4.69) is 19.9 Å². The van der Waals surface area contributed by atoms with Gasteiger partial charge in [0, 0.05) is 70.3 Å². The lowest BCUT2D eigenvalue weighted by Crippen LogP contribution is -2.34. The molecule has 0 spiro atoms. The number of likely N-dealkylation sites (tertiary alicyclic amines) is 1. The zero-order valence-electron chi connectivity index (χ0n) is 20.4. The van der Waals surface area contributed by atoms with E-state index >= 15 is 4.39 Å². The third kappa shape index (κ3) is 4.83. The molecule has 0 atom stereocenters. The highest BCUT2D eigenvalue weighted by atomic mass is 19.1. The number of carbonyl (C=O) groups excluding carboxylic acids is 1. The van der Waals surface area contributed by atoms with Crippen LogP contribution in [-0.2, 0) is 13.0 Å². The predicted molar refractivity (Wildman–Crippen MR) is 132 cm³/mol. The van der Waals surface area contributed by atoms with E-state index in [0.29, 0.717) is 22.3 Å². The number of benzene rings is 1. The largest absolute Gasteiger partial charge is 0.345 e. The number of pyridine rings is 1. The van der Waals surface area contributed by atoms with Crippen LogP contribution in [0.4, 0.5) is 8.78 Å². The summed E-state index contributed by atoms with van der Waals surface area (Å²) in [4.78, 5) is 28.7. The quantitative estimate of drug-likeness (QED) is 0.405. The van der Waals surface area contributed by atoms with Gasteiger partial charge in [0.25, 0.3) is 5.91 Å². The fourth-order valence-corrected chi connectivity index (χ4v) is 4.88. The molecule has 0 unspecified atom stereocenters. The van der Waals surface area contributed by atoms with Crippen LogP contribution in [-0.4, -0.2) is 62.4 Å². The van der Waals surface area contributed by atoms with Gasteiger partial charge in [-0.2, -0.15) is 0 Å². The Morgan fingerprint density at radius 1 is 1.06 bits per heavy atom. The summed E-state index contributed by atoms with van der Waals surface area (Å²) in [6.07, 6.45) is 8.38. The zero-order chi connectivity index (χ0) is 25.2. The molecule has 1 aliphatic heterocycles. The first-order chi connectivity index (χ1) is 17.4. The molecule has 4 aromatic rings. The Labute approximate surface area is 208 Å². The van der Waals surface area contributed by atoms with Gasteiger partial charge in [-0.05, 0) is 48.2 Å². The van der Waals surface area contributed by atoms with Crippen molar-refractivity contribution in [1.29, 1.82) is 0 Å². The Morgan fingerprint density at radius 3 is 2.50 bits per heavy atom. The number of piperidine rings is 1. The number of rotatable bonds is 6. The summed E-state index contributed by atoms with van der Waals surface area (Å²) in [6, 6.07) is 8.54. The van der Waals surface area contributed by atoms with Crippen molar-refractivity contribution in [2.45, 2.75) is 31.8 Å². The van der Waals surface area contributed by atoms with Gasteiger partial charge >= 0.3 is 0 Å². The second-order valence-corrected chi connectivity index (χ2v) is 9.45. The first kappa shape index (κ1) is 24.0. The maximum Gasteiger partial charge on any atom is 0.253 e. The zero-order valence-corrected chi connectivity index (χ0v) is 20.4. The maximum atomic E-state index is 15.2. The average molecular weight is 491 g/mol. The second-order valence-electron chi connectivity index (χ2n) is 9.45. The third-order valence-corrected chi connectivity index (χ3v) is 6.81. The molecule has 186 valence electrons. The van der Waals surface area contributed by atoms with Crippen LogP contribution in [0.15, 0.2) is 55.2 Å². The minimum absolute atomic E-state index is 0.104. The van der Waals surface area contributed by atoms with Crippen molar-refractivity contribution in [3.05, 3.63) is 89.3 Å². The van der Waals surface area contributed by atoms with Crippen LogP contribution in [0.25, 0.3) is 11.0 Å². The summed E-state index contributed by atoms with van der Waals surface area (Å²) >= 11 is 0. The monoisotopic (exact) mass is 490 g/mol. The highest BCUT2D eigenvalue weighted by Crippen LogP contribution is 2.31. The molecule has 5 rings (SSSR count). The van der Waals surface area contributed by atoms with Crippen molar-refractivity contribution in [2.24, 2.45) is 0 Å². The Bertz CT molecular complexity index is 1380. The molecule has 1 aromatic carbocycles. The Hall–Kier alpha value is -3.72. The van der Waals surface area contributed by atoms with Crippen molar-refractivity contribution in [1.82, 2.24) is 29.3 Å². The minimum Gasteiger partial charge on any atom is -0.345 e. The number of amides is 1. The van der Waals surface area contributed by atoms with Gasteiger partial charge in [0.1, 0.15) is 17.8 Å². The van der Waals surface area contributed by atoms with Gasteiger partial charge in [0.15, 0.2) is 5.82 Å². The maximum absolute atomic E-state index is 15.2.